The maximum absolute atomic E-state index is 10.4. The van der Waals surface area contributed by atoms with Crippen molar-refractivity contribution in [2.24, 2.45) is 11.8 Å². The first-order chi connectivity index (χ1) is 6.56. The zero-order valence-electron chi connectivity index (χ0n) is 9.82. The van der Waals surface area contributed by atoms with Gasteiger partial charge in [0.2, 0.25) is 0 Å². The summed E-state index contributed by atoms with van der Waals surface area (Å²) >= 11 is 0. The van der Waals surface area contributed by atoms with Gasteiger partial charge in [-0.1, -0.05) is 27.7 Å². The average Bonchev–Trinajstić information content (AvgIpc) is 2.09. The molecule has 0 N–H and O–H groups in total. The van der Waals surface area contributed by atoms with Crippen LogP contribution in [0, 0.1) is 11.8 Å². The SMILES string of the molecule is CC(C)CCC(CCC(C)C)OP=O. The number of rotatable bonds is 8. The Morgan fingerprint density at radius 1 is 0.929 bits per heavy atom. The summed E-state index contributed by atoms with van der Waals surface area (Å²) in [5.74, 6) is 1.40. The van der Waals surface area contributed by atoms with Crippen LogP contribution < -0.4 is 0 Å². The van der Waals surface area contributed by atoms with E-state index < -0.39 is 0 Å². The van der Waals surface area contributed by atoms with Gasteiger partial charge in [-0.05, 0) is 37.5 Å². The van der Waals surface area contributed by atoms with Crippen LogP contribution in [-0.2, 0) is 9.09 Å². The minimum atomic E-state index is -0.171. The molecule has 0 atom stereocenters. The molecular formula is C11H23O2P. The highest BCUT2D eigenvalue weighted by Crippen LogP contribution is 2.19. The van der Waals surface area contributed by atoms with Gasteiger partial charge in [-0.2, -0.15) is 0 Å². The summed E-state index contributed by atoms with van der Waals surface area (Å²) in [5.41, 5.74) is 0. The lowest BCUT2D eigenvalue weighted by atomic mass is 9.99. The van der Waals surface area contributed by atoms with E-state index in [2.05, 4.69) is 27.7 Å². The molecule has 0 aromatic carbocycles. The molecule has 0 fully saturated rings. The Bertz CT molecular complexity index is 134. The van der Waals surface area contributed by atoms with Crippen molar-refractivity contribution in [3.8, 4) is 0 Å². The van der Waals surface area contributed by atoms with Crippen LogP contribution in [0.1, 0.15) is 53.4 Å². The first kappa shape index (κ1) is 14.1. The van der Waals surface area contributed by atoms with Crippen LogP contribution in [0.15, 0.2) is 0 Å². The highest BCUT2D eigenvalue weighted by molar-refractivity contribution is 7.17. The fourth-order valence-corrected chi connectivity index (χ4v) is 1.68. The summed E-state index contributed by atoms with van der Waals surface area (Å²) in [4.78, 5) is 0. The van der Waals surface area contributed by atoms with Gasteiger partial charge in [0, 0.05) is 0 Å². The largest absolute Gasteiger partial charge is 0.327 e. The lowest BCUT2D eigenvalue weighted by molar-refractivity contribution is 0.183. The third kappa shape index (κ3) is 8.65. The highest BCUT2D eigenvalue weighted by Gasteiger charge is 2.11. The van der Waals surface area contributed by atoms with Crippen molar-refractivity contribution in [2.45, 2.75) is 59.5 Å². The van der Waals surface area contributed by atoms with Crippen LogP contribution in [0.4, 0.5) is 0 Å². The first-order valence-corrected chi connectivity index (χ1v) is 6.27. The van der Waals surface area contributed by atoms with Gasteiger partial charge < -0.3 is 0 Å². The molecule has 0 bridgehead atoms. The van der Waals surface area contributed by atoms with Gasteiger partial charge in [-0.15, -0.1) is 0 Å². The predicted molar refractivity (Wildman–Crippen MR) is 60.6 cm³/mol. The molecule has 0 unspecified atom stereocenters. The molecule has 2 nitrogen and oxygen atoms in total. The Balaban J connectivity index is 3.70. The van der Waals surface area contributed by atoms with Crippen LogP contribution in [0.25, 0.3) is 0 Å². The monoisotopic (exact) mass is 218 g/mol. The van der Waals surface area contributed by atoms with Crippen LogP contribution >= 0.6 is 8.69 Å². The van der Waals surface area contributed by atoms with E-state index in [-0.39, 0.29) is 14.8 Å². The Morgan fingerprint density at radius 2 is 1.36 bits per heavy atom. The van der Waals surface area contributed by atoms with E-state index in [4.69, 9.17) is 4.52 Å². The van der Waals surface area contributed by atoms with Gasteiger partial charge in [0.25, 0.3) is 0 Å². The third-order valence-electron chi connectivity index (χ3n) is 2.32. The maximum atomic E-state index is 10.4. The van der Waals surface area contributed by atoms with E-state index >= 15 is 0 Å². The number of hydrogen-bond acceptors (Lipinski definition) is 2. The zero-order chi connectivity index (χ0) is 11.0. The summed E-state index contributed by atoms with van der Waals surface area (Å²) in [6, 6.07) is 0. The van der Waals surface area contributed by atoms with Crippen LogP contribution in [0.3, 0.4) is 0 Å². The normalized spacial score (nSPS) is 12.2. The van der Waals surface area contributed by atoms with Gasteiger partial charge >= 0.3 is 8.69 Å². The molecule has 84 valence electrons. The minimum Gasteiger partial charge on any atom is -0.291 e. The molecule has 0 amide bonds. The molecule has 3 heteroatoms. The maximum Gasteiger partial charge on any atom is 0.327 e. The second kappa shape index (κ2) is 8.38. The van der Waals surface area contributed by atoms with Gasteiger partial charge in [0.05, 0.1) is 6.10 Å². The van der Waals surface area contributed by atoms with E-state index in [9.17, 15) is 4.57 Å². The Hall–Kier alpha value is 0.0600. The molecule has 0 aliphatic rings. The van der Waals surface area contributed by atoms with E-state index in [0.29, 0.717) is 11.8 Å². The smallest absolute Gasteiger partial charge is 0.291 e. The molecule has 0 spiro atoms. The Kier molecular flexibility index (Phi) is 8.41. The molecule has 0 aliphatic heterocycles. The topological polar surface area (TPSA) is 26.3 Å². The lowest BCUT2D eigenvalue weighted by Gasteiger charge is -2.15. The second-order valence-electron chi connectivity index (χ2n) is 4.74. The molecule has 0 radical (unpaired) electrons. The Morgan fingerprint density at radius 3 is 1.64 bits per heavy atom. The summed E-state index contributed by atoms with van der Waals surface area (Å²) in [6.07, 6.45) is 4.54. The summed E-state index contributed by atoms with van der Waals surface area (Å²) in [5, 5.41) is 0. The molecule has 0 heterocycles. The molecular weight excluding hydrogens is 195 g/mol. The van der Waals surface area contributed by atoms with E-state index in [1.54, 1.807) is 0 Å². The van der Waals surface area contributed by atoms with E-state index in [1.807, 2.05) is 0 Å². The van der Waals surface area contributed by atoms with Gasteiger partial charge in [-0.25, -0.2) is 4.57 Å². The first-order valence-electron chi connectivity index (χ1n) is 5.54. The summed E-state index contributed by atoms with van der Waals surface area (Å²) in [7, 11) is -0.171. The summed E-state index contributed by atoms with van der Waals surface area (Å²) in [6.45, 7) is 8.81. The van der Waals surface area contributed by atoms with Crippen LogP contribution in [0.5, 0.6) is 0 Å². The lowest BCUT2D eigenvalue weighted by Crippen LogP contribution is -2.10. The quantitative estimate of drug-likeness (QED) is 0.562. The predicted octanol–water partition coefficient (Wildman–Crippen LogP) is 4.45. The fraction of sp³-hybridized carbons (Fsp3) is 1.00. The Labute approximate surface area is 89.7 Å². The van der Waals surface area contributed by atoms with Crippen molar-refractivity contribution in [3.63, 3.8) is 0 Å². The third-order valence-corrected chi connectivity index (χ3v) is 2.71. The van der Waals surface area contributed by atoms with Gasteiger partial charge in [0.1, 0.15) is 0 Å². The fourth-order valence-electron chi connectivity index (χ4n) is 1.35. The molecule has 0 aromatic heterocycles. The van der Waals surface area contributed by atoms with Crippen molar-refractivity contribution >= 4 is 8.69 Å². The van der Waals surface area contributed by atoms with Crippen molar-refractivity contribution in [1.29, 1.82) is 0 Å². The zero-order valence-corrected chi connectivity index (χ0v) is 10.7. The minimum absolute atomic E-state index is 0.171. The standard InChI is InChI=1S/C11H23O2P/c1-9(2)5-7-11(13-14-12)8-6-10(3)4/h9-11H,5-8H2,1-4H3. The second-order valence-corrected chi connectivity index (χ2v) is 5.10. The molecule has 0 aliphatic carbocycles. The molecule has 0 saturated carbocycles. The molecule has 0 rings (SSSR count). The molecule has 14 heavy (non-hydrogen) atoms. The van der Waals surface area contributed by atoms with Crippen molar-refractivity contribution < 1.29 is 9.09 Å². The van der Waals surface area contributed by atoms with Gasteiger partial charge in [0.15, 0.2) is 0 Å². The molecule has 0 aromatic rings. The van der Waals surface area contributed by atoms with Crippen molar-refractivity contribution in [1.82, 2.24) is 0 Å². The number of hydrogen-bond donors (Lipinski definition) is 0. The average molecular weight is 218 g/mol. The van der Waals surface area contributed by atoms with E-state index in [1.165, 1.54) is 0 Å². The van der Waals surface area contributed by atoms with Crippen LogP contribution in [0.2, 0.25) is 0 Å². The van der Waals surface area contributed by atoms with Crippen molar-refractivity contribution in [3.05, 3.63) is 0 Å². The highest BCUT2D eigenvalue weighted by atomic mass is 31.1. The van der Waals surface area contributed by atoms with Crippen LogP contribution in [-0.4, -0.2) is 6.10 Å². The van der Waals surface area contributed by atoms with Gasteiger partial charge in [-0.3, -0.25) is 4.52 Å². The summed E-state index contributed by atoms with van der Waals surface area (Å²) < 4.78 is 15.5. The van der Waals surface area contributed by atoms with Crippen molar-refractivity contribution in [2.75, 3.05) is 0 Å². The van der Waals surface area contributed by atoms with E-state index in [0.717, 1.165) is 25.7 Å². The molecule has 0 saturated heterocycles.